The summed E-state index contributed by atoms with van der Waals surface area (Å²) in [6.45, 7) is 1.82. The average Bonchev–Trinajstić information content (AvgIpc) is 2.59. The van der Waals surface area contributed by atoms with Gasteiger partial charge in [-0.1, -0.05) is 6.07 Å². The van der Waals surface area contributed by atoms with Crippen molar-refractivity contribution in [1.82, 2.24) is 4.98 Å². The number of benzene rings is 1. The molecule has 0 bridgehead atoms. The summed E-state index contributed by atoms with van der Waals surface area (Å²) in [6, 6.07) is 7.70. The monoisotopic (exact) mass is 373 g/mol. The molecule has 0 aliphatic heterocycles. The SMILES string of the molecule is COC1CC(C(N)=O)(C(=O)Nc2ccc(C)c(Oc3ccc(F)cn3)c2)C1. The minimum Gasteiger partial charge on any atom is -0.439 e. The number of pyridine rings is 1. The molecule has 1 aromatic carbocycles. The minimum atomic E-state index is -1.27. The van der Waals surface area contributed by atoms with Gasteiger partial charge >= 0.3 is 0 Å². The molecule has 7 nitrogen and oxygen atoms in total. The van der Waals surface area contributed by atoms with E-state index in [0.29, 0.717) is 11.4 Å². The van der Waals surface area contributed by atoms with E-state index >= 15 is 0 Å². The number of anilines is 1. The number of methoxy groups -OCH3 is 1. The van der Waals surface area contributed by atoms with E-state index in [1.807, 2.05) is 6.92 Å². The highest BCUT2D eigenvalue weighted by atomic mass is 19.1. The molecule has 0 saturated heterocycles. The average molecular weight is 373 g/mol. The molecule has 2 amide bonds. The standard InChI is InChI=1S/C19H20FN3O4/c1-11-3-5-13(7-15(11)27-16-6-4-12(20)10-22-16)23-18(25)19(17(21)24)8-14(9-19)26-2/h3-7,10,14H,8-9H2,1-2H3,(H2,21,24)(H,23,25). The highest BCUT2D eigenvalue weighted by molar-refractivity contribution is 6.11. The van der Waals surface area contributed by atoms with Crippen LogP contribution in [0.3, 0.4) is 0 Å². The van der Waals surface area contributed by atoms with Crippen LogP contribution in [0.15, 0.2) is 36.5 Å². The molecule has 1 saturated carbocycles. The number of nitrogens with zero attached hydrogens (tertiary/aromatic N) is 1. The Hall–Kier alpha value is -3.00. The van der Waals surface area contributed by atoms with Gasteiger partial charge in [0.25, 0.3) is 0 Å². The van der Waals surface area contributed by atoms with Gasteiger partial charge in [0.1, 0.15) is 17.0 Å². The predicted octanol–water partition coefficient (Wildman–Crippen LogP) is 2.54. The number of hydrogen-bond donors (Lipinski definition) is 2. The van der Waals surface area contributed by atoms with Crippen LogP contribution in [0.25, 0.3) is 0 Å². The van der Waals surface area contributed by atoms with E-state index in [9.17, 15) is 14.0 Å². The Morgan fingerprint density at radius 3 is 2.63 bits per heavy atom. The summed E-state index contributed by atoms with van der Waals surface area (Å²) < 4.78 is 23.8. The van der Waals surface area contributed by atoms with Crippen molar-refractivity contribution in [3.8, 4) is 11.6 Å². The lowest BCUT2D eigenvalue weighted by molar-refractivity contribution is -0.154. The first kappa shape index (κ1) is 18.8. The first-order valence-electron chi connectivity index (χ1n) is 8.38. The van der Waals surface area contributed by atoms with E-state index in [2.05, 4.69) is 10.3 Å². The molecule has 1 heterocycles. The van der Waals surface area contributed by atoms with E-state index in [-0.39, 0.29) is 24.8 Å². The number of amides is 2. The van der Waals surface area contributed by atoms with E-state index in [1.54, 1.807) is 18.2 Å². The van der Waals surface area contributed by atoms with Gasteiger partial charge < -0.3 is 20.5 Å². The molecule has 27 heavy (non-hydrogen) atoms. The van der Waals surface area contributed by atoms with E-state index in [0.717, 1.165) is 11.8 Å². The number of carbonyl (C=O) groups excluding carboxylic acids is 2. The Labute approximate surface area is 155 Å². The largest absolute Gasteiger partial charge is 0.439 e. The number of hydrogen-bond acceptors (Lipinski definition) is 5. The fourth-order valence-electron chi connectivity index (χ4n) is 2.96. The maximum absolute atomic E-state index is 13.0. The predicted molar refractivity (Wildman–Crippen MR) is 95.7 cm³/mol. The van der Waals surface area contributed by atoms with Crippen LogP contribution >= 0.6 is 0 Å². The van der Waals surface area contributed by atoms with Crippen LogP contribution in [-0.2, 0) is 14.3 Å². The van der Waals surface area contributed by atoms with Crippen LogP contribution in [-0.4, -0.2) is 30.0 Å². The van der Waals surface area contributed by atoms with Gasteiger partial charge in [-0.05, 0) is 37.5 Å². The number of nitrogens with one attached hydrogen (secondary N) is 1. The number of aryl methyl sites for hydroxylation is 1. The van der Waals surface area contributed by atoms with E-state index < -0.39 is 23.0 Å². The normalized spacial score (nSPS) is 21.2. The maximum atomic E-state index is 13.0. The Kier molecular flexibility index (Phi) is 5.09. The molecule has 142 valence electrons. The van der Waals surface area contributed by atoms with Crippen LogP contribution < -0.4 is 15.8 Å². The number of ether oxygens (including phenoxy) is 2. The molecule has 0 radical (unpaired) electrons. The van der Waals surface area contributed by atoms with Crippen LogP contribution in [0.5, 0.6) is 11.6 Å². The van der Waals surface area contributed by atoms with Gasteiger partial charge in [-0.2, -0.15) is 0 Å². The lowest BCUT2D eigenvalue weighted by Gasteiger charge is -2.42. The van der Waals surface area contributed by atoms with Gasteiger partial charge in [0.2, 0.25) is 17.7 Å². The van der Waals surface area contributed by atoms with Crippen molar-refractivity contribution in [3.05, 3.63) is 47.9 Å². The summed E-state index contributed by atoms with van der Waals surface area (Å²) in [5.41, 5.74) is 5.43. The maximum Gasteiger partial charge on any atom is 0.240 e. The van der Waals surface area contributed by atoms with Gasteiger partial charge in [0, 0.05) is 24.9 Å². The Morgan fingerprint density at radius 2 is 2.04 bits per heavy atom. The lowest BCUT2D eigenvalue weighted by atomic mass is 9.65. The van der Waals surface area contributed by atoms with Crippen molar-refractivity contribution in [2.45, 2.75) is 25.9 Å². The van der Waals surface area contributed by atoms with Crippen molar-refractivity contribution in [1.29, 1.82) is 0 Å². The summed E-state index contributed by atoms with van der Waals surface area (Å²) in [5, 5.41) is 2.72. The molecule has 3 rings (SSSR count). The highest BCUT2D eigenvalue weighted by Gasteiger charge is 2.55. The van der Waals surface area contributed by atoms with Crippen molar-refractivity contribution >= 4 is 17.5 Å². The van der Waals surface area contributed by atoms with Gasteiger partial charge in [-0.25, -0.2) is 9.37 Å². The fourth-order valence-corrected chi connectivity index (χ4v) is 2.96. The van der Waals surface area contributed by atoms with E-state index in [4.69, 9.17) is 15.2 Å². The third-order valence-corrected chi connectivity index (χ3v) is 4.75. The first-order valence-corrected chi connectivity index (χ1v) is 8.38. The number of primary amides is 1. The molecular formula is C19H20FN3O4. The zero-order valence-electron chi connectivity index (χ0n) is 15.0. The van der Waals surface area contributed by atoms with Crippen molar-refractivity contribution in [2.24, 2.45) is 11.1 Å². The molecule has 0 unspecified atom stereocenters. The topological polar surface area (TPSA) is 104 Å². The van der Waals surface area contributed by atoms with Crippen molar-refractivity contribution in [2.75, 3.05) is 12.4 Å². The summed E-state index contributed by atoms with van der Waals surface area (Å²) in [4.78, 5) is 28.3. The third kappa shape index (κ3) is 3.75. The molecule has 1 aromatic heterocycles. The number of carbonyl (C=O) groups is 2. The van der Waals surface area contributed by atoms with Crippen LogP contribution in [0, 0.1) is 18.2 Å². The summed E-state index contributed by atoms with van der Waals surface area (Å²) in [7, 11) is 1.53. The fraction of sp³-hybridized carbons (Fsp3) is 0.316. The molecule has 2 aromatic rings. The molecule has 0 spiro atoms. The van der Waals surface area contributed by atoms with Crippen LogP contribution in [0.2, 0.25) is 0 Å². The Balaban J connectivity index is 1.76. The second-order valence-electron chi connectivity index (χ2n) is 6.56. The zero-order valence-corrected chi connectivity index (χ0v) is 15.0. The van der Waals surface area contributed by atoms with Gasteiger partial charge in [0.15, 0.2) is 0 Å². The minimum absolute atomic E-state index is 0.162. The molecular weight excluding hydrogens is 353 g/mol. The van der Waals surface area contributed by atoms with Crippen LogP contribution in [0.1, 0.15) is 18.4 Å². The van der Waals surface area contributed by atoms with Crippen molar-refractivity contribution in [3.63, 3.8) is 0 Å². The zero-order chi connectivity index (χ0) is 19.6. The molecule has 0 atom stereocenters. The molecule has 1 aliphatic carbocycles. The van der Waals surface area contributed by atoms with Crippen LogP contribution in [0.4, 0.5) is 10.1 Å². The molecule has 3 N–H and O–H groups in total. The Morgan fingerprint density at radius 1 is 1.30 bits per heavy atom. The summed E-state index contributed by atoms with van der Waals surface area (Å²) >= 11 is 0. The lowest BCUT2D eigenvalue weighted by Crippen LogP contribution is -2.57. The number of nitrogens with two attached hydrogens (primary N) is 1. The smallest absolute Gasteiger partial charge is 0.240 e. The number of halogens is 1. The second-order valence-corrected chi connectivity index (χ2v) is 6.56. The van der Waals surface area contributed by atoms with Gasteiger partial charge in [-0.3, -0.25) is 9.59 Å². The van der Waals surface area contributed by atoms with E-state index in [1.165, 1.54) is 19.2 Å². The highest BCUT2D eigenvalue weighted by Crippen LogP contribution is 2.43. The first-order chi connectivity index (χ1) is 12.8. The molecule has 1 fully saturated rings. The van der Waals surface area contributed by atoms with Gasteiger partial charge in [0.05, 0.1) is 12.3 Å². The summed E-state index contributed by atoms with van der Waals surface area (Å²) in [6.07, 6.45) is 1.39. The third-order valence-electron chi connectivity index (χ3n) is 4.75. The molecule has 1 aliphatic rings. The second kappa shape index (κ2) is 7.32. The van der Waals surface area contributed by atoms with Crippen molar-refractivity contribution < 1.29 is 23.5 Å². The number of aromatic nitrogens is 1. The summed E-state index contributed by atoms with van der Waals surface area (Å²) in [5.74, 6) is -0.945. The number of rotatable bonds is 6. The van der Waals surface area contributed by atoms with Gasteiger partial charge in [-0.15, -0.1) is 0 Å². The molecule has 8 heteroatoms. The Bertz CT molecular complexity index is 864. The quantitative estimate of drug-likeness (QED) is 0.758.